The van der Waals surface area contributed by atoms with Gasteiger partial charge in [0.05, 0.1) is 6.61 Å². The van der Waals surface area contributed by atoms with Crippen molar-refractivity contribution in [1.29, 1.82) is 0 Å². The van der Waals surface area contributed by atoms with Crippen LogP contribution in [0.2, 0.25) is 0 Å². The van der Waals surface area contributed by atoms with Gasteiger partial charge in [0.2, 0.25) is 11.8 Å². The van der Waals surface area contributed by atoms with Gasteiger partial charge in [-0.25, -0.2) is 0 Å². The van der Waals surface area contributed by atoms with Crippen molar-refractivity contribution in [3.05, 3.63) is 6.07 Å². The molecule has 1 rings (SSSR count). The summed E-state index contributed by atoms with van der Waals surface area (Å²) in [6.45, 7) is 9.94. The molecule has 0 spiro atoms. The van der Waals surface area contributed by atoms with Crippen molar-refractivity contribution in [3.8, 4) is 5.88 Å². The van der Waals surface area contributed by atoms with Crippen molar-refractivity contribution < 1.29 is 4.74 Å². The summed E-state index contributed by atoms with van der Waals surface area (Å²) in [6.07, 6.45) is 0.966. The first kappa shape index (κ1) is 13.5. The van der Waals surface area contributed by atoms with Gasteiger partial charge >= 0.3 is 0 Å². The van der Waals surface area contributed by atoms with E-state index in [0.29, 0.717) is 18.3 Å². The normalized spacial score (nSPS) is 11.3. The number of hydrogen-bond donors (Lipinski definition) is 2. The summed E-state index contributed by atoms with van der Waals surface area (Å²) in [5.74, 6) is 1.46. The van der Waals surface area contributed by atoms with E-state index in [0.717, 1.165) is 13.0 Å². The van der Waals surface area contributed by atoms with Crippen LogP contribution in [0.1, 0.15) is 34.1 Å². The third-order valence-electron chi connectivity index (χ3n) is 2.18. The second-order valence-electron chi connectivity index (χ2n) is 5.14. The minimum atomic E-state index is 0.231. The average molecular weight is 238 g/mol. The molecule has 0 aliphatic heterocycles. The molecule has 0 radical (unpaired) electrons. The summed E-state index contributed by atoms with van der Waals surface area (Å²) in [5.41, 5.74) is 5.86. The number of aromatic nitrogens is 2. The molecule has 0 saturated heterocycles. The summed E-state index contributed by atoms with van der Waals surface area (Å²) in [6, 6.07) is 1.77. The van der Waals surface area contributed by atoms with Crippen LogP contribution in [0.15, 0.2) is 6.07 Å². The standard InChI is InChI=1S/C12H22N4O/c1-5-14-9-8-10(16-11(13)15-9)17-7-6-12(2,3)4/h8H,5-7H2,1-4H3,(H3,13,14,15,16). The van der Waals surface area contributed by atoms with Crippen LogP contribution in [0, 0.1) is 5.41 Å². The highest BCUT2D eigenvalue weighted by Crippen LogP contribution is 2.20. The highest BCUT2D eigenvalue weighted by molar-refractivity contribution is 5.42. The highest BCUT2D eigenvalue weighted by Gasteiger charge is 2.10. The van der Waals surface area contributed by atoms with Crippen molar-refractivity contribution in [1.82, 2.24) is 9.97 Å². The predicted molar refractivity (Wildman–Crippen MR) is 70.2 cm³/mol. The van der Waals surface area contributed by atoms with E-state index in [-0.39, 0.29) is 11.4 Å². The molecule has 0 amide bonds. The summed E-state index contributed by atoms with van der Waals surface area (Å²) < 4.78 is 5.58. The molecule has 0 fully saturated rings. The van der Waals surface area contributed by atoms with Gasteiger partial charge in [0.15, 0.2) is 0 Å². The Hall–Kier alpha value is -1.52. The maximum atomic E-state index is 5.60. The van der Waals surface area contributed by atoms with E-state index in [1.165, 1.54) is 0 Å². The smallest absolute Gasteiger partial charge is 0.225 e. The van der Waals surface area contributed by atoms with Crippen molar-refractivity contribution in [2.24, 2.45) is 5.41 Å². The lowest BCUT2D eigenvalue weighted by Crippen LogP contribution is -2.12. The average Bonchev–Trinajstić information content (AvgIpc) is 2.15. The van der Waals surface area contributed by atoms with Gasteiger partial charge in [-0.2, -0.15) is 9.97 Å². The zero-order chi connectivity index (χ0) is 12.9. The molecule has 1 aromatic heterocycles. The molecule has 0 bridgehead atoms. The lowest BCUT2D eigenvalue weighted by atomic mass is 9.93. The second kappa shape index (κ2) is 5.70. The number of anilines is 2. The molecule has 17 heavy (non-hydrogen) atoms. The van der Waals surface area contributed by atoms with Gasteiger partial charge in [-0.3, -0.25) is 0 Å². The molecule has 3 N–H and O–H groups in total. The fourth-order valence-electron chi connectivity index (χ4n) is 1.25. The van der Waals surface area contributed by atoms with Gasteiger partial charge in [0, 0.05) is 12.6 Å². The van der Waals surface area contributed by atoms with Crippen molar-refractivity contribution in [2.75, 3.05) is 24.2 Å². The summed E-state index contributed by atoms with van der Waals surface area (Å²) in [5, 5.41) is 3.08. The number of nitrogens with one attached hydrogen (secondary N) is 1. The SMILES string of the molecule is CCNc1cc(OCCC(C)(C)C)nc(N)n1. The highest BCUT2D eigenvalue weighted by atomic mass is 16.5. The van der Waals surface area contributed by atoms with Crippen LogP contribution in [0.4, 0.5) is 11.8 Å². The quantitative estimate of drug-likeness (QED) is 0.823. The third-order valence-corrected chi connectivity index (χ3v) is 2.18. The Balaban J connectivity index is 2.58. The van der Waals surface area contributed by atoms with Crippen LogP contribution < -0.4 is 15.8 Å². The summed E-state index contributed by atoms with van der Waals surface area (Å²) in [7, 11) is 0. The van der Waals surface area contributed by atoms with Crippen LogP contribution >= 0.6 is 0 Å². The maximum absolute atomic E-state index is 5.60. The largest absolute Gasteiger partial charge is 0.477 e. The Bertz CT molecular complexity index is 360. The van der Waals surface area contributed by atoms with E-state index in [2.05, 4.69) is 36.1 Å². The van der Waals surface area contributed by atoms with Gasteiger partial charge in [-0.15, -0.1) is 0 Å². The molecule has 1 heterocycles. The van der Waals surface area contributed by atoms with E-state index in [4.69, 9.17) is 10.5 Å². The number of nitrogens with zero attached hydrogens (tertiary/aromatic N) is 2. The molecular formula is C12H22N4O. The fraction of sp³-hybridized carbons (Fsp3) is 0.667. The van der Waals surface area contributed by atoms with Crippen molar-refractivity contribution >= 4 is 11.8 Å². The van der Waals surface area contributed by atoms with E-state index in [1.807, 2.05) is 6.92 Å². The zero-order valence-electron chi connectivity index (χ0n) is 11.1. The van der Waals surface area contributed by atoms with Gasteiger partial charge in [0.25, 0.3) is 0 Å². The van der Waals surface area contributed by atoms with E-state index < -0.39 is 0 Å². The molecule has 5 heteroatoms. The van der Waals surface area contributed by atoms with Crippen LogP contribution in [0.25, 0.3) is 0 Å². The molecule has 0 aliphatic rings. The Morgan fingerprint density at radius 1 is 1.35 bits per heavy atom. The van der Waals surface area contributed by atoms with Crippen molar-refractivity contribution in [3.63, 3.8) is 0 Å². The molecule has 0 saturated carbocycles. The molecular weight excluding hydrogens is 216 g/mol. The number of nitrogen functional groups attached to an aromatic ring is 1. The van der Waals surface area contributed by atoms with Crippen LogP contribution in [-0.4, -0.2) is 23.1 Å². The number of hydrogen-bond acceptors (Lipinski definition) is 5. The van der Waals surface area contributed by atoms with E-state index >= 15 is 0 Å². The van der Waals surface area contributed by atoms with E-state index in [9.17, 15) is 0 Å². The van der Waals surface area contributed by atoms with Gasteiger partial charge in [-0.1, -0.05) is 20.8 Å². The topological polar surface area (TPSA) is 73.1 Å². The maximum Gasteiger partial charge on any atom is 0.225 e. The predicted octanol–water partition coefficient (Wildman–Crippen LogP) is 2.31. The minimum Gasteiger partial charge on any atom is -0.477 e. The molecule has 5 nitrogen and oxygen atoms in total. The molecule has 0 unspecified atom stereocenters. The summed E-state index contributed by atoms with van der Waals surface area (Å²) >= 11 is 0. The second-order valence-corrected chi connectivity index (χ2v) is 5.14. The first-order chi connectivity index (χ1) is 7.90. The molecule has 0 aromatic carbocycles. The molecule has 0 atom stereocenters. The lowest BCUT2D eigenvalue weighted by Gasteiger charge is -2.17. The lowest BCUT2D eigenvalue weighted by molar-refractivity contribution is 0.236. The Kier molecular flexibility index (Phi) is 4.54. The number of nitrogens with two attached hydrogens (primary N) is 1. The van der Waals surface area contributed by atoms with Crippen LogP contribution in [0.5, 0.6) is 5.88 Å². The zero-order valence-corrected chi connectivity index (χ0v) is 11.1. The van der Waals surface area contributed by atoms with Gasteiger partial charge in [0.1, 0.15) is 5.82 Å². The first-order valence-electron chi connectivity index (χ1n) is 5.92. The Labute approximate surface area is 103 Å². The van der Waals surface area contributed by atoms with E-state index in [1.54, 1.807) is 6.07 Å². The Morgan fingerprint density at radius 2 is 2.06 bits per heavy atom. The van der Waals surface area contributed by atoms with Crippen LogP contribution in [-0.2, 0) is 0 Å². The first-order valence-corrected chi connectivity index (χ1v) is 5.92. The summed E-state index contributed by atoms with van der Waals surface area (Å²) in [4.78, 5) is 8.10. The monoisotopic (exact) mass is 238 g/mol. The van der Waals surface area contributed by atoms with Gasteiger partial charge in [-0.05, 0) is 18.8 Å². The number of ether oxygens (including phenoxy) is 1. The van der Waals surface area contributed by atoms with Gasteiger partial charge < -0.3 is 15.8 Å². The van der Waals surface area contributed by atoms with Crippen LogP contribution in [0.3, 0.4) is 0 Å². The van der Waals surface area contributed by atoms with Crippen molar-refractivity contribution in [2.45, 2.75) is 34.1 Å². The molecule has 1 aromatic rings. The number of rotatable bonds is 5. The Morgan fingerprint density at radius 3 is 2.65 bits per heavy atom. The third kappa shape index (κ3) is 5.38. The molecule has 0 aliphatic carbocycles. The molecule has 96 valence electrons. The minimum absolute atomic E-state index is 0.231. The fourth-order valence-corrected chi connectivity index (χ4v) is 1.25.